The molecule has 0 aliphatic carbocycles. The van der Waals surface area contributed by atoms with Crippen molar-refractivity contribution in [2.24, 2.45) is 0 Å². The summed E-state index contributed by atoms with van der Waals surface area (Å²) in [5.41, 5.74) is 1.73. The summed E-state index contributed by atoms with van der Waals surface area (Å²) in [7, 11) is -2.12. The zero-order valence-electron chi connectivity index (χ0n) is 13.9. The number of hydrogen-bond donors (Lipinski definition) is 0. The van der Waals surface area contributed by atoms with Crippen LogP contribution in [-0.2, 0) is 10.0 Å². The van der Waals surface area contributed by atoms with Crippen molar-refractivity contribution >= 4 is 10.0 Å². The minimum Gasteiger partial charge on any atom is -0.495 e. The molecule has 0 bridgehead atoms. The highest BCUT2D eigenvalue weighted by atomic mass is 32.2. The first-order valence-electron chi connectivity index (χ1n) is 7.64. The van der Waals surface area contributed by atoms with Gasteiger partial charge in [-0.3, -0.25) is 4.98 Å². The number of ether oxygens (including phenoxy) is 2. The SMILES string of the molecule is COc1ccc(C)cc1S(=O)(=O)N1CC(Oc2ccnc(C)c2)C1. The first-order valence-corrected chi connectivity index (χ1v) is 9.08. The summed E-state index contributed by atoms with van der Waals surface area (Å²) in [5.74, 6) is 1.06. The van der Waals surface area contributed by atoms with E-state index < -0.39 is 10.0 Å². The van der Waals surface area contributed by atoms with Gasteiger partial charge < -0.3 is 9.47 Å². The van der Waals surface area contributed by atoms with Crippen molar-refractivity contribution in [3.63, 3.8) is 0 Å². The van der Waals surface area contributed by atoms with E-state index in [1.807, 2.05) is 26.0 Å². The van der Waals surface area contributed by atoms with Crippen LogP contribution in [0.4, 0.5) is 0 Å². The maximum absolute atomic E-state index is 12.8. The van der Waals surface area contributed by atoms with Gasteiger partial charge in [-0.05, 0) is 37.6 Å². The van der Waals surface area contributed by atoms with Crippen LogP contribution in [0.2, 0.25) is 0 Å². The molecule has 3 rings (SSSR count). The average Bonchev–Trinajstić information content (AvgIpc) is 2.50. The van der Waals surface area contributed by atoms with Crippen LogP contribution >= 0.6 is 0 Å². The Bertz CT molecular complexity index is 845. The Hall–Kier alpha value is -2.12. The van der Waals surface area contributed by atoms with Crippen LogP contribution in [0.5, 0.6) is 11.5 Å². The Labute approximate surface area is 142 Å². The van der Waals surface area contributed by atoms with E-state index >= 15 is 0 Å². The van der Waals surface area contributed by atoms with Crippen LogP contribution in [0.25, 0.3) is 0 Å². The standard InChI is InChI=1S/C17H20N2O4S/c1-12-4-5-16(22-3)17(8-12)24(20,21)19-10-15(11-19)23-14-6-7-18-13(2)9-14/h4-9,15H,10-11H2,1-3H3. The molecule has 128 valence electrons. The zero-order valence-corrected chi connectivity index (χ0v) is 14.7. The molecule has 0 atom stereocenters. The lowest BCUT2D eigenvalue weighted by molar-refractivity contribution is 0.0759. The Morgan fingerprint density at radius 2 is 1.92 bits per heavy atom. The summed E-state index contributed by atoms with van der Waals surface area (Å²) >= 11 is 0. The number of pyridine rings is 1. The van der Waals surface area contributed by atoms with Gasteiger partial charge in [-0.1, -0.05) is 6.07 Å². The zero-order chi connectivity index (χ0) is 17.3. The Morgan fingerprint density at radius 1 is 1.17 bits per heavy atom. The molecule has 1 fully saturated rings. The fourth-order valence-electron chi connectivity index (χ4n) is 2.58. The lowest BCUT2D eigenvalue weighted by atomic mass is 10.2. The van der Waals surface area contributed by atoms with E-state index in [2.05, 4.69) is 4.98 Å². The van der Waals surface area contributed by atoms with E-state index in [0.29, 0.717) is 24.6 Å². The smallest absolute Gasteiger partial charge is 0.247 e. The monoisotopic (exact) mass is 348 g/mol. The molecule has 2 heterocycles. The second-order valence-corrected chi connectivity index (χ2v) is 7.76. The quantitative estimate of drug-likeness (QED) is 0.828. The van der Waals surface area contributed by atoms with Gasteiger partial charge in [0.25, 0.3) is 0 Å². The van der Waals surface area contributed by atoms with Gasteiger partial charge >= 0.3 is 0 Å². The predicted molar refractivity (Wildman–Crippen MR) is 89.9 cm³/mol. The number of rotatable bonds is 5. The summed E-state index contributed by atoms with van der Waals surface area (Å²) in [6, 6.07) is 8.74. The molecule has 1 aromatic carbocycles. The molecular weight excluding hydrogens is 328 g/mol. The first-order chi connectivity index (χ1) is 11.4. The summed E-state index contributed by atoms with van der Waals surface area (Å²) < 4.78 is 38.0. The lowest BCUT2D eigenvalue weighted by Gasteiger charge is -2.38. The van der Waals surface area contributed by atoms with E-state index in [0.717, 1.165) is 11.3 Å². The van der Waals surface area contributed by atoms with Crippen molar-refractivity contribution in [3.8, 4) is 11.5 Å². The fourth-order valence-corrected chi connectivity index (χ4v) is 4.33. The molecule has 7 heteroatoms. The van der Waals surface area contributed by atoms with Crippen molar-refractivity contribution in [2.75, 3.05) is 20.2 Å². The van der Waals surface area contributed by atoms with Crippen LogP contribution in [0.15, 0.2) is 41.4 Å². The lowest BCUT2D eigenvalue weighted by Crippen LogP contribution is -2.56. The molecule has 0 radical (unpaired) electrons. The van der Waals surface area contributed by atoms with Gasteiger partial charge in [0, 0.05) is 18.0 Å². The van der Waals surface area contributed by atoms with Gasteiger partial charge in [0.15, 0.2) is 0 Å². The number of benzene rings is 1. The van der Waals surface area contributed by atoms with Crippen LogP contribution in [0, 0.1) is 13.8 Å². The van der Waals surface area contributed by atoms with Gasteiger partial charge in [0.2, 0.25) is 10.0 Å². The van der Waals surface area contributed by atoms with Crippen molar-refractivity contribution in [1.82, 2.24) is 9.29 Å². The maximum atomic E-state index is 12.8. The summed E-state index contributed by atoms with van der Waals surface area (Å²) in [6.45, 7) is 4.38. The highest BCUT2D eigenvalue weighted by Gasteiger charge is 2.39. The van der Waals surface area contributed by atoms with E-state index in [4.69, 9.17) is 9.47 Å². The van der Waals surface area contributed by atoms with Crippen LogP contribution < -0.4 is 9.47 Å². The van der Waals surface area contributed by atoms with Gasteiger partial charge in [0.1, 0.15) is 22.5 Å². The molecule has 1 aliphatic heterocycles. The average molecular weight is 348 g/mol. The minimum atomic E-state index is -3.58. The number of aromatic nitrogens is 1. The van der Waals surface area contributed by atoms with E-state index in [-0.39, 0.29) is 11.0 Å². The summed E-state index contributed by atoms with van der Waals surface area (Å²) in [4.78, 5) is 4.31. The minimum absolute atomic E-state index is 0.155. The highest BCUT2D eigenvalue weighted by molar-refractivity contribution is 7.89. The number of nitrogens with zero attached hydrogens (tertiary/aromatic N) is 2. The van der Waals surface area contributed by atoms with E-state index in [9.17, 15) is 8.42 Å². The number of sulfonamides is 1. The third kappa shape index (κ3) is 3.22. The molecule has 0 N–H and O–H groups in total. The van der Waals surface area contributed by atoms with Crippen LogP contribution in [0.1, 0.15) is 11.3 Å². The van der Waals surface area contributed by atoms with Crippen molar-refractivity contribution < 1.29 is 17.9 Å². The molecule has 0 saturated carbocycles. The molecular formula is C17H20N2O4S. The van der Waals surface area contributed by atoms with Gasteiger partial charge in [-0.25, -0.2) is 8.42 Å². The summed E-state index contributed by atoms with van der Waals surface area (Å²) in [5, 5.41) is 0. The third-order valence-corrected chi connectivity index (χ3v) is 5.78. The predicted octanol–water partition coefficient (Wildman–Crippen LogP) is 2.16. The highest BCUT2D eigenvalue weighted by Crippen LogP contribution is 2.31. The van der Waals surface area contributed by atoms with Gasteiger partial charge in [0.05, 0.1) is 20.2 Å². The topological polar surface area (TPSA) is 68.7 Å². The Kier molecular flexibility index (Phi) is 4.47. The Morgan fingerprint density at radius 3 is 2.58 bits per heavy atom. The van der Waals surface area contributed by atoms with Gasteiger partial charge in [-0.15, -0.1) is 0 Å². The number of hydrogen-bond acceptors (Lipinski definition) is 5. The molecule has 24 heavy (non-hydrogen) atoms. The van der Waals surface area contributed by atoms with Crippen molar-refractivity contribution in [2.45, 2.75) is 24.8 Å². The number of aryl methyl sites for hydroxylation is 2. The summed E-state index contributed by atoms with van der Waals surface area (Å²) in [6.07, 6.45) is 1.52. The molecule has 1 aromatic heterocycles. The van der Waals surface area contributed by atoms with Gasteiger partial charge in [-0.2, -0.15) is 4.31 Å². The molecule has 2 aromatic rings. The molecule has 0 spiro atoms. The number of methoxy groups -OCH3 is 1. The Balaban J connectivity index is 1.72. The van der Waals surface area contributed by atoms with E-state index in [1.165, 1.54) is 11.4 Å². The van der Waals surface area contributed by atoms with Crippen molar-refractivity contribution in [3.05, 3.63) is 47.8 Å². The largest absolute Gasteiger partial charge is 0.495 e. The molecule has 6 nitrogen and oxygen atoms in total. The second-order valence-electron chi connectivity index (χ2n) is 5.85. The normalized spacial score (nSPS) is 15.8. The molecule has 0 unspecified atom stereocenters. The van der Waals surface area contributed by atoms with Crippen molar-refractivity contribution in [1.29, 1.82) is 0 Å². The van der Waals surface area contributed by atoms with Crippen LogP contribution in [-0.4, -0.2) is 44.0 Å². The molecule has 1 aliphatic rings. The maximum Gasteiger partial charge on any atom is 0.247 e. The van der Waals surface area contributed by atoms with Crippen LogP contribution in [0.3, 0.4) is 0 Å². The third-order valence-electron chi connectivity index (χ3n) is 3.92. The second kappa shape index (κ2) is 6.41. The molecule has 1 saturated heterocycles. The fraction of sp³-hybridized carbons (Fsp3) is 0.353. The van der Waals surface area contributed by atoms with E-state index in [1.54, 1.807) is 24.4 Å². The first kappa shape index (κ1) is 16.7. The molecule has 0 amide bonds.